The van der Waals surface area contributed by atoms with Crippen LogP contribution >= 0.6 is 23.2 Å². The number of anilines is 1. The highest BCUT2D eigenvalue weighted by Crippen LogP contribution is 2.37. The van der Waals surface area contributed by atoms with Crippen molar-refractivity contribution in [3.63, 3.8) is 0 Å². The van der Waals surface area contributed by atoms with Gasteiger partial charge in [0, 0.05) is 58.5 Å². The van der Waals surface area contributed by atoms with Crippen LogP contribution in [-0.2, 0) is 22.6 Å². The monoisotopic (exact) mass is 627 g/mol. The summed E-state index contributed by atoms with van der Waals surface area (Å²) in [5.41, 5.74) is 3.11. The molecule has 0 aromatic heterocycles. The van der Waals surface area contributed by atoms with E-state index in [-0.39, 0.29) is 36.7 Å². The highest BCUT2D eigenvalue weighted by molar-refractivity contribution is 6.36. The Bertz CT molecular complexity index is 1660. The molecule has 1 heterocycles. The zero-order valence-electron chi connectivity index (χ0n) is 24.5. The Morgan fingerprint density at radius 1 is 0.886 bits per heavy atom. The largest absolute Gasteiger partial charge is 0.352 e. The van der Waals surface area contributed by atoms with Gasteiger partial charge in [0.25, 0.3) is 5.91 Å². The number of amides is 3. The maximum atomic E-state index is 14.2. The average molecular weight is 629 g/mol. The van der Waals surface area contributed by atoms with Crippen molar-refractivity contribution in [3.05, 3.63) is 112 Å². The molecule has 8 heteroatoms. The molecule has 4 aromatic carbocycles. The van der Waals surface area contributed by atoms with E-state index in [1.165, 1.54) is 0 Å². The third-order valence-electron chi connectivity index (χ3n) is 8.78. The molecule has 1 atom stereocenters. The van der Waals surface area contributed by atoms with Crippen LogP contribution in [0.2, 0.25) is 10.0 Å². The number of benzene rings is 4. The summed E-state index contributed by atoms with van der Waals surface area (Å²) >= 11 is 13.2. The third-order valence-corrected chi connectivity index (χ3v) is 9.49. The predicted molar refractivity (Wildman–Crippen MR) is 176 cm³/mol. The van der Waals surface area contributed by atoms with Crippen molar-refractivity contribution in [2.45, 2.75) is 63.6 Å². The first-order valence-corrected chi connectivity index (χ1v) is 16.1. The lowest BCUT2D eigenvalue weighted by Gasteiger charge is -2.33. The van der Waals surface area contributed by atoms with Crippen LogP contribution < -0.4 is 10.2 Å². The fourth-order valence-electron chi connectivity index (χ4n) is 6.51. The maximum Gasteiger partial charge on any atom is 0.258 e. The highest BCUT2D eigenvalue weighted by Gasteiger charge is 2.34. The van der Waals surface area contributed by atoms with Gasteiger partial charge in [-0.3, -0.25) is 14.4 Å². The molecule has 0 spiro atoms. The molecular weight excluding hydrogens is 593 g/mol. The fourth-order valence-corrected chi connectivity index (χ4v) is 7.03. The van der Waals surface area contributed by atoms with E-state index < -0.39 is 6.04 Å². The molecule has 0 bridgehead atoms. The molecule has 0 unspecified atom stereocenters. The van der Waals surface area contributed by atoms with Crippen LogP contribution in [0.4, 0.5) is 5.69 Å². The summed E-state index contributed by atoms with van der Waals surface area (Å²) in [6, 6.07) is 26.0. The Morgan fingerprint density at radius 2 is 1.57 bits per heavy atom. The smallest absolute Gasteiger partial charge is 0.258 e. The molecular formula is C36H35Cl2N3O3. The van der Waals surface area contributed by atoms with Gasteiger partial charge in [0.1, 0.15) is 6.04 Å². The van der Waals surface area contributed by atoms with Gasteiger partial charge in [-0.2, -0.15) is 0 Å². The van der Waals surface area contributed by atoms with Crippen molar-refractivity contribution < 1.29 is 14.4 Å². The second-order valence-electron chi connectivity index (χ2n) is 11.7. The molecule has 1 aliphatic carbocycles. The van der Waals surface area contributed by atoms with E-state index in [0.29, 0.717) is 40.6 Å². The quantitative estimate of drug-likeness (QED) is 0.186. The van der Waals surface area contributed by atoms with Gasteiger partial charge in [-0.15, -0.1) is 0 Å². The molecule has 3 amide bonds. The SMILES string of the molecule is O=C(NC1CCCC1)[C@H](Cc1ccccc1)N(Cc1c(Cl)cccc1Cl)C(=O)CCCN1C(=O)c2cccc3cccc1c23. The maximum absolute atomic E-state index is 14.2. The minimum absolute atomic E-state index is 0.0538. The van der Waals surface area contributed by atoms with Crippen molar-refractivity contribution in [2.24, 2.45) is 0 Å². The minimum atomic E-state index is -0.760. The summed E-state index contributed by atoms with van der Waals surface area (Å²) in [7, 11) is 0. The molecule has 0 radical (unpaired) electrons. The van der Waals surface area contributed by atoms with E-state index in [1.807, 2.05) is 66.7 Å². The van der Waals surface area contributed by atoms with Gasteiger partial charge < -0.3 is 15.1 Å². The Kier molecular flexibility index (Phi) is 9.20. The average Bonchev–Trinajstić information content (AvgIpc) is 3.64. The van der Waals surface area contributed by atoms with Crippen molar-refractivity contribution in [2.75, 3.05) is 11.4 Å². The third kappa shape index (κ3) is 6.33. The number of hydrogen-bond acceptors (Lipinski definition) is 3. The van der Waals surface area contributed by atoms with Crippen LogP contribution in [0.25, 0.3) is 10.8 Å². The second kappa shape index (κ2) is 13.4. The normalized spacial score (nSPS) is 15.1. The number of nitrogens with zero attached hydrogens (tertiary/aromatic N) is 2. The van der Waals surface area contributed by atoms with Crippen molar-refractivity contribution in [1.82, 2.24) is 10.2 Å². The minimum Gasteiger partial charge on any atom is -0.352 e. The molecule has 6 rings (SSSR count). The number of carbonyl (C=O) groups excluding carboxylic acids is 3. The first-order chi connectivity index (χ1) is 21.4. The number of hydrogen-bond donors (Lipinski definition) is 1. The van der Waals surface area contributed by atoms with Gasteiger partial charge in [-0.25, -0.2) is 0 Å². The van der Waals surface area contributed by atoms with E-state index in [2.05, 4.69) is 5.32 Å². The molecule has 4 aromatic rings. The van der Waals surface area contributed by atoms with E-state index >= 15 is 0 Å². The first kappa shape index (κ1) is 30.2. The predicted octanol–water partition coefficient (Wildman–Crippen LogP) is 7.59. The summed E-state index contributed by atoms with van der Waals surface area (Å²) in [4.78, 5) is 44.8. The fraction of sp³-hybridized carbons (Fsp3) is 0.306. The van der Waals surface area contributed by atoms with Gasteiger partial charge in [0.05, 0.1) is 5.69 Å². The first-order valence-electron chi connectivity index (χ1n) is 15.3. The van der Waals surface area contributed by atoms with Crippen molar-refractivity contribution in [1.29, 1.82) is 0 Å². The molecule has 44 heavy (non-hydrogen) atoms. The Morgan fingerprint density at radius 3 is 2.30 bits per heavy atom. The molecule has 1 aliphatic heterocycles. The summed E-state index contributed by atoms with van der Waals surface area (Å²) in [6.07, 6.45) is 4.98. The molecule has 1 N–H and O–H groups in total. The summed E-state index contributed by atoms with van der Waals surface area (Å²) < 4.78 is 0. The molecule has 0 saturated heterocycles. The lowest BCUT2D eigenvalue weighted by atomic mass is 10.0. The lowest BCUT2D eigenvalue weighted by molar-refractivity contribution is -0.141. The molecule has 226 valence electrons. The van der Waals surface area contributed by atoms with Crippen LogP contribution in [0.1, 0.15) is 60.0 Å². The van der Waals surface area contributed by atoms with Crippen LogP contribution in [0.5, 0.6) is 0 Å². The van der Waals surface area contributed by atoms with Gasteiger partial charge in [0.15, 0.2) is 0 Å². The second-order valence-corrected chi connectivity index (χ2v) is 12.5. The topological polar surface area (TPSA) is 69.7 Å². The summed E-state index contributed by atoms with van der Waals surface area (Å²) in [5, 5.41) is 6.08. The van der Waals surface area contributed by atoms with Crippen molar-refractivity contribution in [3.8, 4) is 0 Å². The number of rotatable bonds is 11. The molecule has 6 nitrogen and oxygen atoms in total. The number of carbonyl (C=O) groups is 3. The van der Waals surface area contributed by atoms with E-state index in [1.54, 1.807) is 28.0 Å². The van der Waals surface area contributed by atoms with Crippen molar-refractivity contribution >= 4 is 57.4 Å². The van der Waals surface area contributed by atoms with Gasteiger partial charge >= 0.3 is 0 Å². The van der Waals surface area contributed by atoms with Gasteiger partial charge in [-0.05, 0) is 54.5 Å². The Labute approximate surface area is 267 Å². The zero-order valence-corrected chi connectivity index (χ0v) is 26.0. The van der Waals surface area contributed by atoms with E-state index in [9.17, 15) is 14.4 Å². The van der Waals surface area contributed by atoms with Crippen LogP contribution in [0.3, 0.4) is 0 Å². The lowest BCUT2D eigenvalue weighted by Crippen LogP contribution is -2.52. The standard InChI is InChI=1S/C36H35Cl2N3O3/c37-29-17-8-18-30(38)28(29)23-41(32(22-24-10-2-1-3-11-24)35(43)39-26-14-4-5-15-26)33(42)20-9-21-40-31-19-7-13-25-12-6-16-27(34(25)31)36(40)44/h1-3,6-8,10-13,16-19,26,32H,4-5,9,14-15,20-23H2,(H,39,43)/t32-/m0/s1. The van der Waals surface area contributed by atoms with Crippen LogP contribution in [-0.4, -0.2) is 41.2 Å². The summed E-state index contributed by atoms with van der Waals surface area (Å²) in [6.45, 7) is 0.483. The van der Waals surface area contributed by atoms with E-state index in [0.717, 1.165) is 47.7 Å². The Hall–Kier alpha value is -3.87. The van der Waals surface area contributed by atoms with Gasteiger partial charge in [-0.1, -0.05) is 96.7 Å². The molecule has 2 aliphatic rings. The van der Waals surface area contributed by atoms with Gasteiger partial charge in [0.2, 0.25) is 11.8 Å². The molecule has 1 saturated carbocycles. The highest BCUT2D eigenvalue weighted by atomic mass is 35.5. The number of nitrogens with one attached hydrogen (secondary N) is 1. The Balaban J connectivity index is 1.26. The van der Waals surface area contributed by atoms with Crippen LogP contribution in [0.15, 0.2) is 84.9 Å². The summed E-state index contributed by atoms with van der Waals surface area (Å²) in [5.74, 6) is -0.415. The van der Waals surface area contributed by atoms with E-state index in [4.69, 9.17) is 23.2 Å². The zero-order chi connectivity index (χ0) is 30.6. The van der Waals surface area contributed by atoms with Crippen LogP contribution in [0, 0.1) is 0 Å². The number of halogens is 2. The molecule has 1 fully saturated rings.